The van der Waals surface area contributed by atoms with Gasteiger partial charge in [0.05, 0.1) is 11.4 Å². The number of hydrogen-bond donors (Lipinski definition) is 1. The molecule has 0 aromatic heterocycles. The van der Waals surface area contributed by atoms with Crippen molar-refractivity contribution >= 4 is 39.1 Å². The lowest BCUT2D eigenvalue weighted by Crippen LogP contribution is -2.40. The molecule has 178 valence electrons. The van der Waals surface area contributed by atoms with Crippen LogP contribution < -0.4 is 14.8 Å². The summed E-state index contributed by atoms with van der Waals surface area (Å²) in [6.45, 7) is -0.736. The van der Waals surface area contributed by atoms with Gasteiger partial charge in [0.2, 0.25) is 22.7 Å². The van der Waals surface area contributed by atoms with E-state index in [1.165, 1.54) is 42.5 Å². The second-order valence-electron chi connectivity index (χ2n) is 7.39. The summed E-state index contributed by atoms with van der Waals surface area (Å²) in [6.07, 6.45) is 0. The van der Waals surface area contributed by atoms with E-state index in [0.717, 1.165) is 9.87 Å². The van der Waals surface area contributed by atoms with Gasteiger partial charge in [0.15, 0.2) is 11.5 Å². The van der Waals surface area contributed by atoms with Crippen LogP contribution in [0.5, 0.6) is 11.5 Å². The Labute approximate surface area is 206 Å². The summed E-state index contributed by atoms with van der Waals surface area (Å²) in [5.74, 6) is -0.0859. The predicted octanol–water partition coefficient (Wildman–Crippen LogP) is 4.37. The molecule has 0 bridgehead atoms. The first kappa shape index (κ1) is 24.3. The number of amides is 1. The Morgan fingerprint density at radius 3 is 2.50 bits per heavy atom. The van der Waals surface area contributed by atoms with E-state index in [1.807, 2.05) is 0 Å². The largest absolute Gasteiger partial charge is 0.454 e. The third-order valence-corrected chi connectivity index (χ3v) is 7.51. The van der Waals surface area contributed by atoms with Crippen molar-refractivity contribution in [3.05, 3.63) is 87.7 Å². The molecule has 0 saturated carbocycles. The second kappa shape index (κ2) is 10.2. The van der Waals surface area contributed by atoms with Crippen molar-refractivity contribution in [1.82, 2.24) is 9.62 Å². The Morgan fingerprint density at radius 2 is 1.76 bits per heavy atom. The lowest BCUT2D eigenvalue weighted by atomic mass is 10.2. The number of fused-ring (bicyclic) bond motifs is 1. The van der Waals surface area contributed by atoms with Gasteiger partial charge in [0, 0.05) is 28.7 Å². The lowest BCUT2D eigenvalue weighted by Gasteiger charge is -2.23. The molecule has 1 N–H and O–H groups in total. The second-order valence-corrected chi connectivity index (χ2v) is 10.2. The molecule has 4 rings (SSSR count). The fraction of sp³-hybridized carbons (Fsp3) is 0.174. The van der Waals surface area contributed by atoms with Gasteiger partial charge in [-0.25, -0.2) is 12.8 Å². The zero-order valence-corrected chi connectivity index (χ0v) is 20.0. The highest BCUT2D eigenvalue weighted by atomic mass is 35.5. The molecule has 7 nitrogen and oxygen atoms in total. The molecule has 3 aromatic carbocycles. The van der Waals surface area contributed by atoms with Crippen LogP contribution in [0.15, 0.2) is 65.6 Å². The highest BCUT2D eigenvalue weighted by Gasteiger charge is 2.28. The third kappa shape index (κ3) is 5.44. The van der Waals surface area contributed by atoms with Gasteiger partial charge in [-0.15, -0.1) is 0 Å². The van der Waals surface area contributed by atoms with Gasteiger partial charge < -0.3 is 14.8 Å². The maximum atomic E-state index is 14.4. The normalized spacial score (nSPS) is 12.7. The molecule has 11 heteroatoms. The smallest absolute Gasteiger partial charge is 0.243 e. The van der Waals surface area contributed by atoms with Gasteiger partial charge in [-0.1, -0.05) is 35.3 Å². The van der Waals surface area contributed by atoms with Gasteiger partial charge >= 0.3 is 0 Å². The van der Waals surface area contributed by atoms with E-state index >= 15 is 0 Å². The lowest BCUT2D eigenvalue weighted by molar-refractivity contribution is -0.121. The zero-order valence-electron chi connectivity index (χ0n) is 17.6. The summed E-state index contributed by atoms with van der Waals surface area (Å²) in [7, 11) is -4.18. The summed E-state index contributed by atoms with van der Waals surface area (Å²) < 4.78 is 52.5. The number of sulfonamides is 1. The van der Waals surface area contributed by atoms with Gasteiger partial charge in [-0.2, -0.15) is 4.31 Å². The average molecular weight is 525 g/mol. The molecule has 0 aliphatic carbocycles. The van der Waals surface area contributed by atoms with E-state index in [4.69, 9.17) is 32.7 Å². The molecule has 0 atom stereocenters. The van der Waals surface area contributed by atoms with Crippen molar-refractivity contribution in [3.63, 3.8) is 0 Å². The van der Waals surface area contributed by atoms with Crippen LogP contribution in [0, 0.1) is 5.82 Å². The molecule has 34 heavy (non-hydrogen) atoms. The molecular formula is C23H19Cl2FN2O5S. The van der Waals surface area contributed by atoms with Gasteiger partial charge in [-0.05, 0) is 54.1 Å². The number of ether oxygens (including phenoxy) is 2. The monoisotopic (exact) mass is 524 g/mol. The zero-order chi connectivity index (χ0) is 24.3. The first-order valence-corrected chi connectivity index (χ1v) is 12.3. The van der Waals surface area contributed by atoms with E-state index in [9.17, 15) is 17.6 Å². The van der Waals surface area contributed by atoms with Crippen molar-refractivity contribution in [2.45, 2.75) is 18.0 Å². The molecule has 1 aliphatic heterocycles. The number of carbonyl (C=O) groups excluding carboxylic acids is 1. The molecule has 0 saturated heterocycles. The van der Waals surface area contributed by atoms with Crippen LogP contribution in [-0.4, -0.2) is 32.0 Å². The summed E-state index contributed by atoms with van der Waals surface area (Å²) in [6, 6.07) is 14.7. The minimum Gasteiger partial charge on any atom is -0.454 e. The first-order chi connectivity index (χ1) is 16.2. The van der Waals surface area contributed by atoms with Crippen molar-refractivity contribution in [2.75, 3.05) is 13.3 Å². The highest BCUT2D eigenvalue weighted by molar-refractivity contribution is 7.89. The number of nitrogens with zero attached hydrogens (tertiary/aromatic N) is 1. The number of carbonyl (C=O) groups is 1. The van der Waals surface area contributed by atoms with Crippen LogP contribution in [-0.2, 0) is 27.9 Å². The Kier molecular flexibility index (Phi) is 7.27. The molecule has 1 aliphatic rings. The van der Waals surface area contributed by atoms with Crippen LogP contribution in [0.25, 0.3) is 0 Å². The molecule has 0 fully saturated rings. The van der Waals surface area contributed by atoms with E-state index in [0.29, 0.717) is 16.5 Å². The SMILES string of the molecule is O=C(CN(Cc1c(F)cccc1Cl)S(=O)(=O)c1ccc(Cl)cc1)NCc1ccc2c(c1)OCO2. The van der Waals surface area contributed by atoms with Crippen molar-refractivity contribution in [2.24, 2.45) is 0 Å². The van der Waals surface area contributed by atoms with Gasteiger partial charge in [0.25, 0.3) is 0 Å². The predicted molar refractivity (Wildman–Crippen MR) is 125 cm³/mol. The van der Waals surface area contributed by atoms with E-state index in [-0.39, 0.29) is 28.8 Å². The van der Waals surface area contributed by atoms with Gasteiger partial charge in [-0.3, -0.25) is 4.79 Å². The first-order valence-electron chi connectivity index (χ1n) is 10.1. The summed E-state index contributed by atoms with van der Waals surface area (Å²) >= 11 is 12.0. The Hall–Kier alpha value is -2.85. The highest BCUT2D eigenvalue weighted by Crippen LogP contribution is 2.32. The van der Waals surface area contributed by atoms with Crippen LogP contribution in [0.1, 0.15) is 11.1 Å². The number of nitrogens with one attached hydrogen (secondary N) is 1. The van der Waals surface area contributed by atoms with Crippen LogP contribution in [0.2, 0.25) is 10.0 Å². The maximum Gasteiger partial charge on any atom is 0.243 e. The molecule has 1 heterocycles. The van der Waals surface area contributed by atoms with E-state index < -0.39 is 34.8 Å². The van der Waals surface area contributed by atoms with Crippen molar-refractivity contribution < 1.29 is 27.1 Å². The van der Waals surface area contributed by atoms with Crippen LogP contribution in [0.3, 0.4) is 0 Å². The minimum atomic E-state index is -4.18. The number of benzene rings is 3. The van der Waals surface area contributed by atoms with E-state index in [1.54, 1.807) is 18.2 Å². The third-order valence-electron chi connectivity index (χ3n) is 5.09. The van der Waals surface area contributed by atoms with Gasteiger partial charge in [0.1, 0.15) is 5.82 Å². The average Bonchev–Trinajstić information content (AvgIpc) is 3.27. The molecular weight excluding hydrogens is 506 g/mol. The fourth-order valence-corrected chi connectivity index (χ4v) is 5.02. The van der Waals surface area contributed by atoms with Crippen molar-refractivity contribution in [1.29, 1.82) is 0 Å². The summed E-state index contributed by atoms with van der Waals surface area (Å²) in [4.78, 5) is 12.6. The molecule has 3 aromatic rings. The fourth-order valence-electron chi connectivity index (χ4n) is 3.31. The molecule has 1 amide bonds. The number of halogens is 3. The number of rotatable bonds is 8. The molecule has 0 unspecified atom stereocenters. The standard InChI is InChI=1S/C23H19Cl2FN2O5S/c24-16-5-7-17(8-6-16)34(30,31)28(12-18-19(25)2-1-3-20(18)26)13-23(29)27-11-15-4-9-21-22(10-15)33-14-32-21/h1-10H,11-14H2,(H,27,29). The summed E-state index contributed by atoms with van der Waals surface area (Å²) in [5, 5.41) is 3.08. The Morgan fingerprint density at radius 1 is 1.03 bits per heavy atom. The van der Waals surface area contributed by atoms with Crippen LogP contribution >= 0.6 is 23.2 Å². The quantitative estimate of drug-likeness (QED) is 0.473. The topological polar surface area (TPSA) is 84.9 Å². The minimum absolute atomic E-state index is 0.0368. The number of hydrogen-bond acceptors (Lipinski definition) is 5. The van der Waals surface area contributed by atoms with Crippen LogP contribution in [0.4, 0.5) is 4.39 Å². The summed E-state index contributed by atoms with van der Waals surface area (Å²) in [5.41, 5.74) is 0.701. The maximum absolute atomic E-state index is 14.4. The molecule has 0 spiro atoms. The Balaban J connectivity index is 1.54. The molecule has 0 radical (unpaired) electrons. The van der Waals surface area contributed by atoms with E-state index in [2.05, 4.69) is 5.32 Å². The van der Waals surface area contributed by atoms with Crippen molar-refractivity contribution in [3.8, 4) is 11.5 Å². The Bertz CT molecular complexity index is 1300.